The highest BCUT2D eigenvalue weighted by molar-refractivity contribution is 7.98. The fourth-order valence-corrected chi connectivity index (χ4v) is 2.34. The van der Waals surface area contributed by atoms with Crippen LogP contribution in [-0.4, -0.2) is 27.0 Å². The molecule has 0 saturated carbocycles. The standard InChI is InChI=1S/C11H12ClN5S2/c1-13-10(18)16-17-7-14-15-11(17)19-6-8-2-4-9(12)5-3-8/h2-5,7H,6H2,1H3,(H2,13,16,18). The van der Waals surface area contributed by atoms with Crippen LogP contribution >= 0.6 is 35.6 Å². The van der Waals surface area contributed by atoms with E-state index in [1.165, 1.54) is 5.56 Å². The van der Waals surface area contributed by atoms with Gasteiger partial charge < -0.3 is 5.32 Å². The summed E-state index contributed by atoms with van der Waals surface area (Å²) in [4.78, 5) is 0. The number of thiocarbonyl (C=S) groups is 1. The highest BCUT2D eigenvalue weighted by atomic mass is 35.5. The van der Waals surface area contributed by atoms with Crippen LogP contribution in [0.3, 0.4) is 0 Å². The fraction of sp³-hybridized carbons (Fsp3) is 0.182. The molecule has 2 rings (SSSR count). The minimum absolute atomic E-state index is 0.508. The van der Waals surface area contributed by atoms with Gasteiger partial charge in [-0.15, -0.1) is 10.2 Å². The molecule has 0 aliphatic heterocycles. The van der Waals surface area contributed by atoms with Gasteiger partial charge in [-0.2, -0.15) is 0 Å². The Morgan fingerprint density at radius 2 is 2.16 bits per heavy atom. The second kappa shape index (κ2) is 6.74. The van der Waals surface area contributed by atoms with Gasteiger partial charge in [0, 0.05) is 17.8 Å². The van der Waals surface area contributed by atoms with E-state index in [0.717, 1.165) is 15.9 Å². The van der Waals surface area contributed by atoms with E-state index in [1.54, 1.807) is 29.8 Å². The van der Waals surface area contributed by atoms with E-state index in [2.05, 4.69) is 20.9 Å². The van der Waals surface area contributed by atoms with Crippen molar-refractivity contribution in [2.45, 2.75) is 10.9 Å². The molecule has 0 atom stereocenters. The second-order valence-corrected chi connectivity index (χ2v) is 5.38. The van der Waals surface area contributed by atoms with Crippen LogP contribution in [0, 0.1) is 0 Å². The van der Waals surface area contributed by atoms with Crippen molar-refractivity contribution in [3.05, 3.63) is 41.2 Å². The summed E-state index contributed by atoms with van der Waals surface area (Å²) in [5.74, 6) is 0.782. The van der Waals surface area contributed by atoms with Crippen LogP contribution in [0.2, 0.25) is 5.02 Å². The van der Waals surface area contributed by atoms with Crippen LogP contribution in [-0.2, 0) is 5.75 Å². The zero-order valence-corrected chi connectivity index (χ0v) is 12.5. The number of aromatic nitrogens is 3. The van der Waals surface area contributed by atoms with Crippen LogP contribution in [0.1, 0.15) is 5.56 Å². The number of rotatable bonds is 4. The zero-order valence-electron chi connectivity index (χ0n) is 10.1. The SMILES string of the molecule is CNC(=S)Nn1cnnc1SCc1ccc(Cl)cc1. The quantitative estimate of drug-likeness (QED) is 0.667. The Balaban J connectivity index is 1.98. The second-order valence-electron chi connectivity index (χ2n) is 3.59. The summed E-state index contributed by atoms with van der Waals surface area (Å²) in [7, 11) is 1.75. The van der Waals surface area contributed by atoms with E-state index in [4.69, 9.17) is 23.8 Å². The van der Waals surface area contributed by atoms with Gasteiger partial charge in [-0.25, -0.2) is 4.68 Å². The molecule has 1 heterocycles. The van der Waals surface area contributed by atoms with Crippen molar-refractivity contribution >= 4 is 40.7 Å². The Bertz CT molecular complexity index is 554. The van der Waals surface area contributed by atoms with E-state index in [-0.39, 0.29) is 0 Å². The van der Waals surface area contributed by atoms with Gasteiger partial charge in [0.05, 0.1) is 0 Å². The lowest BCUT2D eigenvalue weighted by molar-refractivity contribution is 0.825. The molecule has 0 radical (unpaired) electrons. The van der Waals surface area contributed by atoms with Crippen LogP contribution in [0.15, 0.2) is 35.7 Å². The normalized spacial score (nSPS) is 10.2. The molecule has 5 nitrogen and oxygen atoms in total. The summed E-state index contributed by atoms with van der Waals surface area (Å²) in [6.07, 6.45) is 1.58. The zero-order chi connectivity index (χ0) is 13.7. The molecule has 0 aliphatic carbocycles. The monoisotopic (exact) mass is 313 g/mol. The number of nitrogens with zero attached hydrogens (tertiary/aromatic N) is 3. The van der Waals surface area contributed by atoms with Crippen molar-refractivity contribution in [2.24, 2.45) is 0 Å². The van der Waals surface area contributed by atoms with Gasteiger partial charge in [-0.05, 0) is 29.9 Å². The fourth-order valence-electron chi connectivity index (χ4n) is 1.29. The first-order chi connectivity index (χ1) is 9.19. The molecule has 0 unspecified atom stereocenters. The largest absolute Gasteiger partial charge is 0.364 e. The number of nitrogens with one attached hydrogen (secondary N) is 2. The van der Waals surface area contributed by atoms with Crippen molar-refractivity contribution in [3.8, 4) is 0 Å². The molecule has 0 saturated heterocycles. The minimum Gasteiger partial charge on any atom is -0.364 e. The molecular weight excluding hydrogens is 302 g/mol. The maximum Gasteiger partial charge on any atom is 0.210 e. The average molecular weight is 314 g/mol. The highest BCUT2D eigenvalue weighted by Crippen LogP contribution is 2.20. The molecule has 100 valence electrons. The predicted molar refractivity (Wildman–Crippen MR) is 82.1 cm³/mol. The summed E-state index contributed by atoms with van der Waals surface area (Å²) < 4.78 is 1.68. The summed E-state index contributed by atoms with van der Waals surface area (Å²) in [6.45, 7) is 0. The molecule has 1 aromatic carbocycles. The van der Waals surface area contributed by atoms with E-state index < -0.39 is 0 Å². The summed E-state index contributed by atoms with van der Waals surface area (Å²) in [5.41, 5.74) is 4.12. The predicted octanol–water partition coefficient (Wildman–Crippen LogP) is 2.27. The summed E-state index contributed by atoms with van der Waals surface area (Å²) >= 11 is 12.4. The molecule has 0 bridgehead atoms. The maximum absolute atomic E-state index is 5.85. The third-order valence-corrected chi connectivity index (χ3v) is 3.81. The topological polar surface area (TPSA) is 54.8 Å². The Hall–Kier alpha value is -1.31. The Morgan fingerprint density at radius 3 is 2.84 bits per heavy atom. The number of halogens is 1. The van der Waals surface area contributed by atoms with Gasteiger partial charge in [0.25, 0.3) is 0 Å². The van der Waals surface area contributed by atoms with Gasteiger partial charge in [0.2, 0.25) is 5.16 Å². The van der Waals surface area contributed by atoms with Crippen molar-refractivity contribution in [1.29, 1.82) is 0 Å². The molecule has 0 aliphatic rings. The van der Waals surface area contributed by atoms with E-state index in [0.29, 0.717) is 5.11 Å². The number of hydrogen-bond acceptors (Lipinski definition) is 4. The van der Waals surface area contributed by atoms with Crippen LogP contribution in [0.25, 0.3) is 0 Å². The summed E-state index contributed by atoms with van der Waals surface area (Å²) in [5, 5.41) is 12.7. The molecule has 0 amide bonds. The number of thioether (sulfide) groups is 1. The van der Waals surface area contributed by atoms with Gasteiger partial charge >= 0.3 is 0 Å². The highest BCUT2D eigenvalue weighted by Gasteiger charge is 2.06. The number of benzene rings is 1. The van der Waals surface area contributed by atoms with Crippen LogP contribution in [0.5, 0.6) is 0 Å². The molecule has 2 N–H and O–H groups in total. The van der Waals surface area contributed by atoms with E-state index in [1.807, 2.05) is 24.3 Å². The Morgan fingerprint density at radius 1 is 1.42 bits per heavy atom. The van der Waals surface area contributed by atoms with E-state index >= 15 is 0 Å². The molecule has 0 spiro atoms. The third-order valence-electron chi connectivity index (χ3n) is 2.25. The van der Waals surface area contributed by atoms with Gasteiger partial charge in [0.1, 0.15) is 6.33 Å². The lowest BCUT2D eigenvalue weighted by Gasteiger charge is -2.09. The molecular formula is C11H12ClN5S2. The Kier molecular flexibility index (Phi) is 5.00. The van der Waals surface area contributed by atoms with E-state index in [9.17, 15) is 0 Å². The van der Waals surface area contributed by atoms with Gasteiger partial charge in [-0.1, -0.05) is 35.5 Å². The summed E-state index contributed by atoms with van der Waals surface area (Å²) in [6, 6.07) is 7.72. The van der Waals surface area contributed by atoms with Crippen LogP contribution in [0.4, 0.5) is 0 Å². The van der Waals surface area contributed by atoms with Crippen molar-refractivity contribution in [3.63, 3.8) is 0 Å². The first-order valence-electron chi connectivity index (χ1n) is 5.45. The first kappa shape index (κ1) is 14.1. The molecule has 2 aromatic rings. The molecule has 19 heavy (non-hydrogen) atoms. The average Bonchev–Trinajstić information content (AvgIpc) is 2.85. The lowest BCUT2D eigenvalue weighted by atomic mass is 10.2. The van der Waals surface area contributed by atoms with Crippen LogP contribution < -0.4 is 10.7 Å². The van der Waals surface area contributed by atoms with Crippen molar-refractivity contribution in [2.75, 3.05) is 12.5 Å². The molecule has 1 aromatic heterocycles. The first-order valence-corrected chi connectivity index (χ1v) is 7.22. The lowest BCUT2D eigenvalue weighted by Crippen LogP contribution is -2.31. The maximum atomic E-state index is 5.85. The smallest absolute Gasteiger partial charge is 0.210 e. The molecule has 8 heteroatoms. The molecule has 0 fully saturated rings. The van der Waals surface area contributed by atoms with Gasteiger partial charge in [-0.3, -0.25) is 5.43 Å². The number of hydrogen-bond donors (Lipinski definition) is 2. The van der Waals surface area contributed by atoms with Gasteiger partial charge in [0.15, 0.2) is 5.11 Å². The van der Waals surface area contributed by atoms with Crippen molar-refractivity contribution in [1.82, 2.24) is 20.2 Å². The Labute approximate surface area is 125 Å². The minimum atomic E-state index is 0.508. The van der Waals surface area contributed by atoms with Crippen molar-refractivity contribution < 1.29 is 0 Å². The third kappa shape index (κ3) is 4.09.